The Morgan fingerprint density at radius 3 is 2.68 bits per heavy atom. The average molecular weight is 329 g/mol. The molecule has 0 aliphatic carbocycles. The van der Waals surface area contributed by atoms with E-state index >= 15 is 0 Å². The SMILES string of the molecule is CN(C)Cc1ccc(CSCCN/C(=C\[N+](=O)[O-])N(C)[O-])o1. The minimum atomic E-state index is -0.654. The zero-order valence-electron chi connectivity index (χ0n) is 12.9. The molecule has 1 rings (SSSR count). The summed E-state index contributed by atoms with van der Waals surface area (Å²) in [6.07, 6.45) is 0.664. The van der Waals surface area contributed by atoms with Crippen molar-refractivity contribution in [3.63, 3.8) is 0 Å². The van der Waals surface area contributed by atoms with Crippen LogP contribution in [0.4, 0.5) is 0 Å². The van der Waals surface area contributed by atoms with Gasteiger partial charge in [0.15, 0.2) is 5.82 Å². The zero-order valence-corrected chi connectivity index (χ0v) is 13.8. The van der Waals surface area contributed by atoms with Crippen molar-refractivity contribution in [3.8, 4) is 0 Å². The highest BCUT2D eigenvalue weighted by atomic mass is 32.2. The van der Waals surface area contributed by atoms with E-state index in [1.807, 2.05) is 31.1 Å². The Morgan fingerprint density at radius 1 is 1.41 bits per heavy atom. The fraction of sp³-hybridized carbons (Fsp3) is 0.538. The first-order valence-corrected chi connectivity index (χ1v) is 7.84. The van der Waals surface area contributed by atoms with Gasteiger partial charge < -0.3 is 24.9 Å². The second-order valence-corrected chi connectivity index (χ2v) is 5.99. The van der Waals surface area contributed by atoms with Crippen LogP contribution in [0, 0.1) is 15.3 Å². The maximum atomic E-state index is 11.1. The van der Waals surface area contributed by atoms with Crippen molar-refractivity contribution in [2.24, 2.45) is 0 Å². The molecular formula is C13H21N4O4S-. The van der Waals surface area contributed by atoms with Gasteiger partial charge >= 0.3 is 0 Å². The molecule has 0 saturated carbocycles. The van der Waals surface area contributed by atoms with Gasteiger partial charge in [-0.25, -0.2) is 0 Å². The summed E-state index contributed by atoms with van der Waals surface area (Å²) in [7, 11) is 5.17. The molecule has 8 nitrogen and oxygen atoms in total. The largest absolute Gasteiger partial charge is 0.757 e. The third-order valence-corrected chi connectivity index (χ3v) is 3.53. The van der Waals surface area contributed by atoms with E-state index in [0.717, 1.165) is 23.8 Å². The first-order chi connectivity index (χ1) is 10.4. The van der Waals surface area contributed by atoms with Crippen LogP contribution in [0.3, 0.4) is 0 Å². The Hall–Kier alpha value is -1.71. The molecule has 0 bridgehead atoms. The highest BCUT2D eigenvalue weighted by Gasteiger charge is 2.04. The van der Waals surface area contributed by atoms with Gasteiger partial charge in [0.25, 0.3) is 6.20 Å². The lowest BCUT2D eigenvalue weighted by molar-refractivity contribution is -0.404. The molecule has 0 amide bonds. The lowest BCUT2D eigenvalue weighted by Gasteiger charge is -2.26. The van der Waals surface area contributed by atoms with Crippen LogP contribution in [0.5, 0.6) is 0 Å². The Kier molecular flexibility index (Phi) is 7.78. The van der Waals surface area contributed by atoms with E-state index in [0.29, 0.717) is 23.6 Å². The van der Waals surface area contributed by atoms with Crippen molar-refractivity contribution in [2.75, 3.05) is 33.4 Å². The van der Waals surface area contributed by atoms with Gasteiger partial charge in [-0.15, -0.1) is 0 Å². The summed E-state index contributed by atoms with van der Waals surface area (Å²) in [4.78, 5) is 11.7. The van der Waals surface area contributed by atoms with Crippen molar-refractivity contribution in [3.05, 3.63) is 51.0 Å². The first kappa shape index (κ1) is 18.3. The monoisotopic (exact) mass is 329 g/mol. The predicted octanol–water partition coefficient (Wildman–Crippen LogP) is 1.67. The highest BCUT2D eigenvalue weighted by Crippen LogP contribution is 2.16. The van der Waals surface area contributed by atoms with E-state index in [-0.39, 0.29) is 5.82 Å². The Labute approximate surface area is 133 Å². The van der Waals surface area contributed by atoms with Gasteiger partial charge in [-0.3, -0.25) is 10.1 Å². The molecule has 1 N–H and O–H groups in total. The van der Waals surface area contributed by atoms with Crippen LogP contribution >= 0.6 is 11.8 Å². The van der Waals surface area contributed by atoms with E-state index in [1.54, 1.807) is 11.8 Å². The molecule has 1 aromatic heterocycles. The van der Waals surface area contributed by atoms with E-state index in [9.17, 15) is 15.3 Å². The third kappa shape index (κ3) is 7.34. The number of rotatable bonds is 10. The molecule has 9 heteroatoms. The Balaban J connectivity index is 2.27. The van der Waals surface area contributed by atoms with Gasteiger partial charge in [0, 0.05) is 12.3 Å². The lowest BCUT2D eigenvalue weighted by Crippen LogP contribution is -2.27. The van der Waals surface area contributed by atoms with E-state index in [2.05, 4.69) is 5.32 Å². The second kappa shape index (κ2) is 9.34. The van der Waals surface area contributed by atoms with E-state index < -0.39 is 4.92 Å². The fourth-order valence-corrected chi connectivity index (χ4v) is 2.41. The molecule has 0 saturated heterocycles. The number of hydrogen-bond donors (Lipinski definition) is 1. The summed E-state index contributed by atoms with van der Waals surface area (Å²) in [5, 5.41) is 24.7. The van der Waals surface area contributed by atoms with Crippen molar-refractivity contribution in [1.82, 2.24) is 15.3 Å². The van der Waals surface area contributed by atoms with E-state index in [4.69, 9.17) is 4.42 Å². The number of furan rings is 1. The van der Waals surface area contributed by atoms with E-state index in [1.165, 1.54) is 7.05 Å². The quantitative estimate of drug-likeness (QED) is 0.393. The van der Waals surface area contributed by atoms with Crippen LogP contribution in [0.1, 0.15) is 11.5 Å². The van der Waals surface area contributed by atoms with Gasteiger partial charge in [0.1, 0.15) is 11.5 Å². The molecule has 0 spiro atoms. The minimum Gasteiger partial charge on any atom is -0.757 e. The molecule has 0 aromatic carbocycles. The van der Waals surface area contributed by atoms with Crippen molar-refractivity contribution >= 4 is 11.8 Å². The normalized spacial score (nSPS) is 11.8. The van der Waals surface area contributed by atoms with Crippen LogP contribution in [-0.4, -0.2) is 48.3 Å². The van der Waals surface area contributed by atoms with Crippen molar-refractivity contribution in [2.45, 2.75) is 12.3 Å². The minimum absolute atomic E-state index is 0.0585. The number of nitrogens with one attached hydrogen (secondary N) is 1. The molecule has 1 heterocycles. The van der Waals surface area contributed by atoms with Gasteiger partial charge in [0.2, 0.25) is 0 Å². The van der Waals surface area contributed by atoms with Crippen LogP contribution in [0.2, 0.25) is 0 Å². The summed E-state index contributed by atoms with van der Waals surface area (Å²) >= 11 is 1.62. The number of nitro groups is 1. The number of thioether (sulfide) groups is 1. The molecule has 0 radical (unpaired) electrons. The van der Waals surface area contributed by atoms with Gasteiger partial charge in [-0.2, -0.15) is 11.8 Å². The average Bonchev–Trinajstić information content (AvgIpc) is 2.83. The third-order valence-electron chi connectivity index (χ3n) is 2.55. The molecule has 22 heavy (non-hydrogen) atoms. The summed E-state index contributed by atoms with van der Waals surface area (Å²) in [6.45, 7) is 1.22. The van der Waals surface area contributed by atoms with Crippen LogP contribution in [0.25, 0.3) is 0 Å². The molecule has 0 aliphatic rings. The van der Waals surface area contributed by atoms with Gasteiger partial charge in [-0.1, -0.05) is 0 Å². The van der Waals surface area contributed by atoms with Crippen molar-refractivity contribution < 1.29 is 9.34 Å². The number of hydroxylamine groups is 2. The second-order valence-electron chi connectivity index (χ2n) is 4.88. The molecule has 0 atom stereocenters. The maximum Gasteiger partial charge on any atom is 0.273 e. The molecule has 0 aliphatic heterocycles. The summed E-state index contributed by atoms with van der Waals surface area (Å²) in [6, 6.07) is 3.90. The highest BCUT2D eigenvalue weighted by molar-refractivity contribution is 7.98. The Morgan fingerprint density at radius 2 is 2.09 bits per heavy atom. The first-order valence-electron chi connectivity index (χ1n) is 6.68. The topological polar surface area (TPSA) is 97.8 Å². The summed E-state index contributed by atoms with van der Waals surface area (Å²) in [5.74, 6) is 3.17. The number of hydrogen-bond acceptors (Lipinski definition) is 8. The predicted molar refractivity (Wildman–Crippen MR) is 86.5 cm³/mol. The molecule has 124 valence electrons. The van der Waals surface area contributed by atoms with Crippen LogP contribution < -0.4 is 5.32 Å². The molecule has 0 fully saturated rings. The van der Waals surface area contributed by atoms with Crippen molar-refractivity contribution in [1.29, 1.82) is 0 Å². The standard InChI is InChI=1S/C13H21N4O4S/c1-15(2)8-11-4-5-12(21-11)10-22-7-6-14-13(16(3)18)9-17(19)20/h4-5,9,14H,6-8,10H2,1-3H3/q-1/b13-9+. The fourth-order valence-electron chi connectivity index (χ4n) is 1.66. The molecule has 1 aromatic rings. The molecular weight excluding hydrogens is 308 g/mol. The van der Waals surface area contributed by atoms with Crippen LogP contribution in [-0.2, 0) is 12.3 Å². The van der Waals surface area contributed by atoms with Crippen LogP contribution in [0.15, 0.2) is 28.6 Å². The zero-order chi connectivity index (χ0) is 16.5. The summed E-state index contributed by atoms with van der Waals surface area (Å²) in [5.41, 5.74) is 0. The van der Waals surface area contributed by atoms with Gasteiger partial charge in [0.05, 0.1) is 17.2 Å². The lowest BCUT2D eigenvalue weighted by atomic mass is 10.4. The van der Waals surface area contributed by atoms with Gasteiger partial charge in [-0.05, 0) is 33.3 Å². The smallest absolute Gasteiger partial charge is 0.273 e. The maximum absolute atomic E-state index is 11.1. The summed E-state index contributed by atoms with van der Waals surface area (Å²) < 4.78 is 5.67. The number of nitrogens with zero attached hydrogens (tertiary/aromatic N) is 3. The molecule has 0 unspecified atom stereocenters. The Bertz CT molecular complexity index is 502.